The van der Waals surface area contributed by atoms with Gasteiger partial charge in [0.2, 0.25) is 0 Å². The zero-order chi connectivity index (χ0) is 12.6. The second-order valence-corrected chi connectivity index (χ2v) is 10.1. The van der Waals surface area contributed by atoms with E-state index in [0.717, 1.165) is 12.3 Å². The van der Waals surface area contributed by atoms with Crippen molar-refractivity contribution in [1.29, 1.82) is 0 Å². The van der Waals surface area contributed by atoms with Crippen molar-refractivity contribution in [2.75, 3.05) is 5.75 Å². The Morgan fingerprint density at radius 3 is 2.59 bits per heavy atom. The van der Waals surface area contributed by atoms with E-state index in [4.69, 9.17) is 0 Å². The fraction of sp³-hybridized carbons (Fsp3) is 1.00. The third-order valence-corrected chi connectivity index (χ3v) is 8.91. The van der Waals surface area contributed by atoms with Gasteiger partial charge in [-0.2, -0.15) is 0 Å². The van der Waals surface area contributed by atoms with Crippen LogP contribution < -0.4 is 0 Å². The predicted molar refractivity (Wildman–Crippen MR) is 78.8 cm³/mol. The normalized spacial score (nSPS) is 47.6. The van der Waals surface area contributed by atoms with Gasteiger partial charge in [0.05, 0.1) is 4.08 Å². The summed E-state index contributed by atoms with van der Waals surface area (Å²) in [4.78, 5) is 0. The van der Waals surface area contributed by atoms with Gasteiger partial charge in [-0.1, -0.05) is 34.1 Å². The quantitative estimate of drug-likeness (QED) is 0.717. The Morgan fingerprint density at radius 2 is 1.94 bits per heavy atom. The molecular weight excluding hydrogens is 248 g/mol. The summed E-state index contributed by atoms with van der Waals surface area (Å²) in [5.74, 6) is 3.30. The zero-order valence-electron chi connectivity index (χ0n) is 11.6. The molecular formula is C14H26OS2. The molecule has 2 aliphatic rings. The van der Waals surface area contributed by atoms with Crippen molar-refractivity contribution >= 4 is 22.6 Å². The minimum Gasteiger partial charge on any atom is -0.258 e. The summed E-state index contributed by atoms with van der Waals surface area (Å²) >= 11 is 2.04. The van der Waals surface area contributed by atoms with Gasteiger partial charge < -0.3 is 0 Å². The first kappa shape index (κ1) is 13.9. The van der Waals surface area contributed by atoms with Crippen LogP contribution in [0.25, 0.3) is 0 Å². The molecule has 0 amide bonds. The van der Waals surface area contributed by atoms with E-state index in [1.54, 1.807) is 0 Å². The van der Waals surface area contributed by atoms with Crippen LogP contribution in [0, 0.1) is 17.8 Å². The van der Waals surface area contributed by atoms with Crippen molar-refractivity contribution in [3.63, 3.8) is 0 Å². The van der Waals surface area contributed by atoms with Crippen LogP contribution >= 0.6 is 11.8 Å². The van der Waals surface area contributed by atoms with Crippen LogP contribution in [-0.2, 0) is 10.8 Å². The Morgan fingerprint density at radius 1 is 1.24 bits per heavy atom. The molecule has 1 spiro atoms. The predicted octanol–water partition coefficient (Wildman–Crippen LogP) is 4.05. The first-order valence-corrected chi connectivity index (χ1v) is 9.22. The van der Waals surface area contributed by atoms with Crippen LogP contribution in [0.15, 0.2) is 0 Å². The van der Waals surface area contributed by atoms with Gasteiger partial charge in [-0.05, 0) is 42.8 Å². The molecule has 1 nitrogen and oxygen atoms in total. The van der Waals surface area contributed by atoms with E-state index in [9.17, 15) is 4.21 Å². The van der Waals surface area contributed by atoms with Crippen molar-refractivity contribution < 1.29 is 4.21 Å². The largest absolute Gasteiger partial charge is 0.258 e. The molecule has 1 saturated heterocycles. The van der Waals surface area contributed by atoms with Crippen molar-refractivity contribution in [1.82, 2.24) is 0 Å². The third kappa shape index (κ3) is 2.47. The van der Waals surface area contributed by atoms with E-state index < -0.39 is 10.8 Å². The van der Waals surface area contributed by atoms with Crippen molar-refractivity contribution in [3.8, 4) is 0 Å². The molecule has 0 radical (unpaired) electrons. The summed E-state index contributed by atoms with van der Waals surface area (Å²) in [6.45, 7) is 9.17. The number of hydrogen-bond donors (Lipinski definition) is 0. The Kier molecular flexibility index (Phi) is 4.29. The molecule has 2 fully saturated rings. The van der Waals surface area contributed by atoms with E-state index in [2.05, 4.69) is 27.7 Å². The van der Waals surface area contributed by atoms with E-state index in [1.807, 2.05) is 11.8 Å². The summed E-state index contributed by atoms with van der Waals surface area (Å²) < 4.78 is 12.9. The van der Waals surface area contributed by atoms with Crippen LogP contribution in [0.4, 0.5) is 0 Å². The molecule has 0 aromatic heterocycles. The zero-order valence-corrected chi connectivity index (χ0v) is 13.2. The van der Waals surface area contributed by atoms with E-state index in [0.29, 0.717) is 17.1 Å². The summed E-state index contributed by atoms with van der Waals surface area (Å²) in [6.07, 6.45) is 4.93. The molecule has 3 heteroatoms. The van der Waals surface area contributed by atoms with Gasteiger partial charge in [0.25, 0.3) is 0 Å². The molecule has 2 rings (SSSR count). The summed E-state index contributed by atoms with van der Waals surface area (Å²) in [6, 6.07) is 0. The molecule has 5 atom stereocenters. The molecule has 1 heterocycles. The molecule has 17 heavy (non-hydrogen) atoms. The molecule has 1 aliphatic carbocycles. The second-order valence-electron chi connectivity index (χ2n) is 6.29. The lowest BCUT2D eigenvalue weighted by Gasteiger charge is -2.50. The molecule has 0 bridgehead atoms. The fourth-order valence-corrected chi connectivity index (χ4v) is 8.90. The summed E-state index contributed by atoms with van der Waals surface area (Å²) in [5, 5.41) is 0.405. The molecule has 0 aromatic carbocycles. The highest BCUT2D eigenvalue weighted by Gasteiger charge is 2.51. The van der Waals surface area contributed by atoms with E-state index in [1.165, 1.54) is 25.0 Å². The Labute approximate surface area is 113 Å². The summed E-state index contributed by atoms with van der Waals surface area (Å²) in [7, 11) is -0.638. The number of thioether (sulfide) groups is 1. The maximum absolute atomic E-state index is 12.9. The Bertz CT molecular complexity index is 303. The minimum absolute atomic E-state index is 0.0868. The lowest BCUT2D eigenvalue weighted by molar-refractivity contribution is 0.221. The molecule has 100 valence electrons. The van der Waals surface area contributed by atoms with Gasteiger partial charge in [0, 0.05) is 16.0 Å². The fourth-order valence-electron chi connectivity index (χ4n) is 3.56. The molecule has 1 aliphatic heterocycles. The van der Waals surface area contributed by atoms with Gasteiger partial charge in [0.15, 0.2) is 0 Å². The summed E-state index contributed by atoms with van der Waals surface area (Å²) in [5.41, 5.74) is 0. The van der Waals surface area contributed by atoms with Crippen LogP contribution in [0.3, 0.4) is 0 Å². The van der Waals surface area contributed by atoms with Gasteiger partial charge in [0.1, 0.15) is 0 Å². The smallest absolute Gasteiger partial charge is 0.0944 e. The van der Waals surface area contributed by atoms with Gasteiger partial charge in [-0.3, -0.25) is 4.21 Å². The second kappa shape index (κ2) is 5.24. The average Bonchev–Trinajstić information content (AvgIpc) is 2.25. The van der Waals surface area contributed by atoms with Crippen molar-refractivity contribution in [2.45, 2.75) is 62.7 Å². The third-order valence-electron chi connectivity index (χ3n) is 4.55. The first-order valence-electron chi connectivity index (χ1n) is 7.02. The SMILES string of the molecule is CC(C)[C@@H]1CC[C@@H](C)C[C@]12SCC[C@H](C)[S@]2=O. The van der Waals surface area contributed by atoms with Crippen LogP contribution in [-0.4, -0.2) is 19.3 Å². The topological polar surface area (TPSA) is 17.1 Å². The van der Waals surface area contributed by atoms with E-state index in [-0.39, 0.29) is 4.08 Å². The highest BCUT2D eigenvalue weighted by Crippen LogP contribution is 2.54. The lowest BCUT2D eigenvalue weighted by Crippen LogP contribution is -2.51. The Hall–Kier alpha value is 0.500. The van der Waals surface area contributed by atoms with Crippen LogP contribution in [0.5, 0.6) is 0 Å². The van der Waals surface area contributed by atoms with Crippen molar-refractivity contribution in [3.05, 3.63) is 0 Å². The highest BCUT2D eigenvalue weighted by atomic mass is 32.2. The average molecular weight is 274 g/mol. The molecule has 0 unspecified atom stereocenters. The number of hydrogen-bond acceptors (Lipinski definition) is 2. The maximum Gasteiger partial charge on any atom is 0.0944 e. The standard InChI is InChI=1S/C14H26OS2/c1-10(2)13-6-5-11(3)9-14(13)16-8-7-12(4)17(14)15/h10-13H,5-9H2,1-4H3/t11-,12+,13+,14-,17-/m1/s1. The maximum atomic E-state index is 12.9. The van der Waals surface area contributed by atoms with Gasteiger partial charge in [-0.15, -0.1) is 11.8 Å². The van der Waals surface area contributed by atoms with Crippen LogP contribution in [0.1, 0.15) is 53.4 Å². The van der Waals surface area contributed by atoms with Crippen molar-refractivity contribution in [2.24, 2.45) is 17.8 Å². The first-order chi connectivity index (χ1) is 7.97. The highest BCUT2D eigenvalue weighted by molar-refractivity contribution is 8.13. The number of rotatable bonds is 1. The lowest BCUT2D eigenvalue weighted by atomic mass is 9.76. The molecule has 0 aromatic rings. The Balaban J connectivity index is 2.31. The molecule has 1 saturated carbocycles. The van der Waals surface area contributed by atoms with E-state index >= 15 is 0 Å². The van der Waals surface area contributed by atoms with Gasteiger partial charge >= 0.3 is 0 Å². The minimum atomic E-state index is -0.638. The monoisotopic (exact) mass is 274 g/mol. The van der Waals surface area contributed by atoms with Crippen LogP contribution in [0.2, 0.25) is 0 Å². The van der Waals surface area contributed by atoms with Gasteiger partial charge in [-0.25, -0.2) is 0 Å². The molecule has 0 N–H and O–H groups in total.